The Kier molecular flexibility index (Phi) is 3.49. The molecule has 2 heteroatoms. The molecule has 4 aliphatic rings. The average molecular weight is 485 g/mol. The van der Waals surface area contributed by atoms with Crippen LogP contribution in [0.2, 0.25) is 0 Å². The Labute approximate surface area is 218 Å². The highest BCUT2D eigenvalue weighted by Gasteiger charge is 2.38. The fourth-order valence-corrected chi connectivity index (χ4v) is 7.72. The summed E-state index contributed by atoms with van der Waals surface area (Å²) in [5.41, 5.74) is 6.59. The van der Waals surface area contributed by atoms with E-state index in [9.17, 15) is 9.59 Å². The number of ketones is 2. The van der Waals surface area contributed by atoms with Crippen LogP contribution in [0.1, 0.15) is 33.0 Å². The van der Waals surface area contributed by atoms with E-state index in [1.807, 2.05) is 30.4 Å². The van der Waals surface area contributed by atoms with E-state index in [1.165, 1.54) is 10.8 Å². The van der Waals surface area contributed by atoms with Crippen LogP contribution in [0.3, 0.4) is 0 Å². The normalized spacial score (nSPS) is 21.0. The molecule has 4 aliphatic carbocycles. The standard InChI is InChI=1S/C36H20O2/c1-3-19-20(4-2)35(37)25-15-11-17-10-14-24-30-21-7-5-6-8-22(21)36(38)26-16-12-18-9-13-23-29(19)33(25)27(17)32(24)31(23)28(18)34(26)30/h3-16,22,25H,1-2H2. The van der Waals surface area contributed by atoms with E-state index in [0.717, 1.165) is 70.9 Å². The number of hydrogen-bond acceptors (Lipinski definition) is 2. The van der Waals surface area contributed by atoms with Crippen molar-refractivity contribution in [2.75, 3.05) is 0 Å². The van der Waals surface area contributed by atoms with Gasteiger partial charge in [0.15, 0.2) is 11.6 Å². The monoisotopic (exact) mass is 484 g/mol. The summed E-state index contributed by atoms with van der Waals surface area (Å²) in [6.45, 7) is 8.11. The summed E-state index contributed by atoms with van der Waals surface area (Å²) in [4.78, 5) is 27.5. The van der Waals surface area contributed by atoms with Crippen LogP contribution in [0.15, 0.2) is 97.7 Å². The van der Waals surface area contributed by atoms with E-state index in [4.69, 9.17) is 0 Å². The molecule has 5 aromatic rings. The van der Waals surface area contributed by atoms with Gasteiger partial charge in [0.1, 0.15) is 0 Å². The van der Waals surface area contributed by atoms with Crippen molar-refractivity contribution in [3.8, 4) is 0 Å². The van der Waals surface area contributed by atoms with Crippen molar-refractivity contribution in [1.82, 2.24) is 0 Å². The lowest BCUT2D eigenvalue weighted by molar-refractivity contribution is -0.115. The molecule has 2 nitrogen and oxygen atoms in total. The molecule has 0 heterocycles. The van der Waals surface area contributed by atoms with Crippen molar-refractivity contribution >= 4 is 71.9 Å². The van der Waals surface area contributed by atoms with Gasteiger partial charge >= 0.3 is 0 Å². The molecule has 0 N–H and O–H groups in total. The highest BCUT2D eigenvalue weighted by Crippen LogP contribution is 2.53. The molecule has 0 spiro atoms. The van der Waals surface area contributed by atoms with Gasteiger partial charge in [0.25, 0.3) is 0 Å². The zero-order chi connectivity index (χ0) is 25.4. The lowest BCUT2D eigenvalue weighted by Gasteiger charge is -2.33. The van der Waals surface area contributed by atoms with Gasteiger partial charge in [-0.3, -0.25) is 9.59 Å². The van der Waals surface area contributed by atoms with E-state index in [1.54, 1.807) is 12.2 Å². The third-order valence-electron chi connectivity index (χ3n) is 9.16. The van der Waals surface area contributed by atoms with Gasteiger partial charge in [-0.15, -0.1) is 0 Å². The first-order chi connectivity index (χ1) is 18.6. The number of rotatable bonds is 2. The molecule has 0 aliphatic heterocycles. The molecular weight excluding hydrogens is 464 g/mol. The second-order valence-corrected chi connectivity index (χ2v) is 10.7. The molecule has 9 rings (SSSR count). The van der Waals surface area contributed by atoms with Crippen molar-refractivity contribution in [3.63, 3.8) is 0 Å². The van der Waals surface area contributed by atoms with Gasteiger partial charge in [0.05, 0.1) is 11.8 Å². The largest absolute Gasteiger partial charge is 0.293 e. The zero-order valence-corrected chi connectivity index (χ0v) is 20.5. The highest BCUT2D eigenvalue weighted by atomic mass is 16.1. The Morgan fingerprint density at radius 2 is 1.45 bits per heavy atom. The highest BCUT2D eigenvalue weighted by molar-refractivity contribution is 6.39. The van der Waals surface area contributed by atoms with Crippen LogP contribution in [-0.4, -0.2) is 11.6 Å². The van der Waals surface area contributed by atoms with Crippen molar-refractivity contribution in [2.45, 2.75) is 5.92 Å². The Morgan fingerprint density at radius 3 is 2.29 bits per heavy atom. The summed E-state index contributed by atoms with van der Waals surface area (Å²) >= 11 is 0. The molecule has 176 valence electrons. The minimum Gasteiger partial charge on any atom is -0.293 e. The molecule has 2 unspecified atom stereocenters. The number of carbonyl (C=O) groups excluding carboxylic acids is 2. The van der Waals surface area contributed by atoms with Gasteiger partial charge in [-0.2, -0.15) is 0 Å². The Morgan fingerprint density at radius 1 is 0.658 bits per heavy atom. The number of carbonyl (C=O) groups is 2. The van der Waals surface area contributed by atoms with Gasteiger partial charge < -0.3 is 0 Å². The van der Waals surface area contributed by atoms with E-state index in [2.05, 4.69) is 55.6 Å². The first-order valence-corrected chi connectivity index (χ1v) is 13.0. The van der Waals surface area contributed by atoms with Crippen LogP contribution >= 0.6 is 0 Å². The van der Waals surface area contributed by atoms with Crippen molar-refractivity contribution < 1.29 is 9.59 Å². The van der Waals surface area contributed by atoms with Crippen LogP contribution in [0.5, 0.6) is 0 Å². The van der Waals surface area contributed by atoms with Gasteiger partial charge in [0.2, 0.25) is 0 Å². The molecule has 0 saturated carbocycles. The quantitative estimate of drug-likeness (QED) is 0.194. The predicted octanol–water partition coefficient (Wildman–Crippen LogP) is 7.36. The molecule has 0 saturated heterocycles. The molecular formula is C36H20O2. The lowest BCUT2D eigenvalue weighted by Crippen LogP contribution is -2.29. The fraction of sp³-hybridized carbons (Fsp3) is 0.0556. The van der Waals surface area contributed by atoms with Crippen LogP contribution in [0.4, 0.5) is 0 Å². The Hall–Kier alpha value is -4.82. The van der Waals surface area contributed by atoms with Gasteiger partial charge in [-0.05, 0) is 70.8 Å². The molecule has 0 fully saturated rings. The SMILES string of the molecule is C=CC1=C(C=C)c2c3c4c(ccc5c6c7c(ccc8ccc2c(c45)c87)C(=O)C2C=CC=CC=62)C=CC3C1=O. The third kappa shape index (κ3) is 2.03. The molecule has 2 atom stereocenters. The average Bonchev–Trinajstić information content (AvgIpc) is 2.96. The molecule has 0 amide bonds. The maximum atomic E-state index is 13.8. The lowest BCUT2D eigenvalue weighted by atomic mass is 9.68. The maximum absolute atomic E-state index is 13.8. The zero-order valence-electron chi connectivity index (χ0n) is 20.5. The van der Waals surface area contributed by atoms with Crippen molar-refractivity contribution in [3.05, 3.63) is 125 Å². The molecule has 0 radical (unpaired) electrons. The number of allylic oxidation sites excluding steroid dienone is 9. The van der Waals surface area contributed by atoms with E-state index >= 15 is 0 Å². The van der Waals surface area contributed by atoms with E-state index < -0.39 is 0 Å². The topological polar surface area (TPSA) is 34.1 Å². The van der Waals surface area contributed by atoms with Crippen LogP contribution < -0.4 is 5.22 Å². The minimum absolute atomic E-state index is 0.0712. The number of Topliss-reactive ketones (excluding diaryl/α,β-unsaturated/α-hetero) is 2. The van der Waals surface area contributed by atoms with Gasteiger partial charge in [0, 0.05) is 16.5 Å². The smallest absolute Gasteiger partial charge is 0.174 e. The summed E-state index contributed by atoms with van der Waals surface area (Å²) in [5.74, 6) is -0.404. The van der Waals surface area contributed by atoms with Crippen LogP contribution in [0.25, 0.3) is 60.3 Å². The fourth-order valence-electron chi connectivity index (χ4n) is 7.72. The summed E-state index contributed by atoms with van der Waals surface area (Å²) in [6, 6.07) is 12.9. The summed E-state index contributed by atoms with van der Waals surface area (Å²) in [7, 11) is 0. The second-order valence-electron chi connectivity index (χ2n) is 10.7. The molecule has 0 aromatic heterocycles. The Balaban J connectivity index is 1.69. The first-order valence-electron chi connectivity index (χ1n) is 13.0. The van der Waals surface area contributed by atoms with Gasteiger partial charge in [-0.1, -0.05) is 98.2 Å². The minimum atomic E-state index is -0.354. The number of hydrogen-bond donors (Lipinski definition) is 0. The molecule has 5 aromatic carbocycles. The number of fused-ring (bicyclic) bond motifs is 3. The maximum Gasteiger partial charge on any atom is 0.174 e. The van der Waals surface area contributed by atoms with Crippen molar-refractivity contribution in [1.29, 1.82) is 0 Å². The Bertz CT molecular complexity index is 2250. The first kappa shape index (κ1) is 20.3. The summed E-state index contributed by atoms with van der Waals surface area (Å²) in [5, 5.41) is 10.2. The van der Waals surface area contributed by atoms with E-state index in [0.29, 0.717) is 5.57 Å². The van der Waals surface area contributed by atoms with Gasteiger partial charge in [-0.25, -0.2) is 0 Å². The van der Waals surface area contributed by atoms with E-state index in [-0.39, 0.29) is 23.4 Å². The second kappa shape index (κ2) is 6.54. The molecule has 38 heavy (non-hydrogen) atoms. The third-order valence-corrected chi connectivity index (χ3v) is 9.16. The predicted molar refractivity (Wildman–Crippen MR) is 156 cm³/mol. The summed E-state index contributed by atoms with van der Waals surface area (Å²) < 4.78 is 0. The van der Waals surface area contributed by atoms with Crippen LogP contribution in [-0.2, 0) is 4.79 Å². The number of benzene rings is 5. The van der Waals surface area contributed by atoms with Crippen molar-refractivity contribution in [2.24, 2.45) is 5.92 Å². The summed E-state index contributed by atoms with van der Waals surface area (Å²) in [6.07, 6.45) is 15.8. The van der Waals surface area contributed by atoms with Crippen LogP contribution in [0, 0.1) is 5.92 Å². The molecule has 0 bridgehead atoms.